The Kier molecular flexibility index (Phi) is 5.51. The van der Waals surface area contributed by atoms with Gasteiger partial charge in [0.05, 0.1) is 12.5 Å². The fourth-order valence-electron chi connectivity index (χ4n) is 2.66. The Morgan fingerprint density at radius 2 is 2.10 bits per heavy atom. The average Bonchev–Trinajstić information content (AvgIpc) is 3.02. The van der Waals surface area contributed by atoms with E-state index in [1.165, 1.54) is 6.92 Å². The molecule has 29 heavy (non-hydrogen) atoms. The van der Waals surface area contributed by atoms with E-state index in [0.29, 0.717) is 12.4 Å². The van der Waals surface area contributed by atoms with Gasteiger partial charge in [-0.1, -0.05) is 13.0 Å². The van der Waals surface area contributed by atoms with Crippen molar-refractivity contribution in [2.75, 3.05) is 0 Å². The highest BCUT2D eigenvalue weighted by Gasteiger charge is 2.43. The summed E-state index contributed by atoms with van der Waals surface area (Å²) >= 11 is 0. The van der Waals surface area contributed by atoms with Crippen LogP contribution in [0.15, 0.2) is 43.3 Å². The van der Waals surface area contributed by atoms with E-state index >= 15 is 0 Å². The summed E-state index contributed by atoms with van der Waals surface area (Å²) in [6, 6.07) is 2.34. The molecular weight excluding hydrogens is 397 g/mol. The van der Waals surface area contributed by atoms with E-state index in [-0.39, 0.29) is 11.2 Å². The molecular formula is C17H16F3N5O4. The molecule has 0 radical (unpaired) electrons. The minimum Gasteiger partial charge on any atom is -0.711 e. The van der Waals surface area contributed by atoms with E-state index in [1.807, 2.05) is 0 Å². The molecule has 0 amide bonds. The van der Waals surface area contributed by atoms with Crippen LogP contribution < -0.4 is 4.73 Å². The summed E-state index contributed by atoms with van der Waals surface area (Å²) in [5.74, 6) is -4.78. The summed E-state index contributed by atoms with van der Waals surface area (Å²) in [6.45, 7) is 0.340. The van der Waals surface area contributed by atoms with Crippen molar-refractivity contribution in [3.8, 4) is 0 Å². The summed E-state index contributed by atoms with van der Waals surface area (Å²) in [5.41, 5.74) is -3.34. The molecule has 2 N–H and O–H groups in total. The van der Waals surface area contributed by atoms with Crippen LogP contribution in [0, 0.1) is 22.7 Å². The Morgan fingerprint density at radius 3 is 2.69 bits per heavy atom. The number of nitrogens with zero attached hydrogens (tertiary/aromatic N) is 5. The van der Waals surface area contributed by atoms with Crippen LogP contribution in [0.4, 0.5) is 13.2 Å². The fourth-order valence-corrected chi connectivity index (χ4v) is 2.66. The lowest BCUT2D eigenvalue weighted by molar-refractivity contribution is -0.610. The normalized spacial score (nSPS) is 15.1. The molecule has 0 aliphatic carbocycles. The van der Waals surface area contributed by atoms with E-state index in [2.05, 4.69) is 15.1 Å². The molecule has 0 unspecified atom stereocenters. The van der Waals surface area contributed by atoms with Crippen molar-refractivity contribution in [3.05, 3.63) is 77.2 Å². The standard InChI is InChI=1S/C16H14F3N5O2.CH2O2/c1-10(15-14(19)5-24(26)9-21-15)16(25,6-23-8-20-7-22-23)12-3-2-11(17)4-13(12)18;2-1-3/h2-5,7-10,25H,6H2,1H3;1H,(H,2,3)/t10-,16+;/m0./s1/i5D,6+1,7D,8D,16+1;. The zero-order chi connectivity index (χ0) is 24.2. The zero-order valence-corrected chi connectivity index (χ0v) is 14.8. The highest BCUT2D eigenvalue weighted by molar-refractivity contribution is 5.32. The molecule has 0 saturated heterocycles. The highest BCUT2D eigenvalue weighted by atomic mass is 19.1. The van der Waals surface area contributed by atoms with Gasteiger partial charge in [-0.2, -0.15) is 9.49 Å². The van der Waals surface area contributed by atoms with Crippen LogP contribution in [0.5, 0.6) is 0 Å². The van der Waals surface area contributed by atoms with Crippen LogP contribution in [-0.2, 0) is 16.9 Å². The number of carboxylic acid groups (broad SMARTS) is 1. The minimum atomic E-state index is -2.36. The van der Waals surface area contributed by atoms with Crippen LogP contribution in [0.25, 0.3) is 0 Å². The second kappa shape index (κ2) is 9.10. The molecule has 2 heterocycles. The zero-order valence-electron chi connectivity index (χ0n) is 17.8. The van der Waals surface area contributed by atoms with Crippen molar-refractivity contribution in [1.29, 1.82) is 0 Å². The number of carbonyl (C=O) groups is 1. The Bertz CT molecular complexity index is 1140. The first-order valence-electron chi connectivity index (χ1n) is 9.34. The van der Waals surface area contributed by atoms with Gasteiger partial charge >= 0.3 is 0 Å². The Hall–Kier alpha value is -3.54. The molecule has 9 nitrogen and oxygen atoms in total. The quantitative estimate of drug-likeness (QED) is 0.276. The summed E-state index contributed by atoms with van der Waals surface area (Å²) in [4.78, 5) is 15.4. The van der Waals surface area contributed by atoms with Gasteiger partial charge in [0.25, 0.3) is 12.8 Å². The van der Waals surface area contributed by atoms with Crippen LogP contribution in [0.2, 0.25) is 0 Å². The lowest BCUT2D eigenvalue weighted by Crippen LogP contribution is -2.39. The smallest absolute Gasteiger partial charge is 0.290 e. The predicted molar refractivity (Wildman–Crippen MR) is 90.5 cm³/mol. The average molecular weight is 416 g/mol. The van der Waals surface area contributed by atoms with E-state index in [0.717, 1.165) is 16.8 Å². The molecule has 154 valence electrons. The van der Waals surface area contributed by atoms with Gasteiger partial charge in [-0.15, -0.1) is 0 Å². The number of hydrogen-bond donors (Lipinski definition) is 2. The molecule has 0 aliphatic rings. The first-order valence-corrected chi connectivity index (χ1v) is 7.84. The number of rotatable bonds is 5. The third kappa shape index (κ3) is 4.85. The van der Waals surface area contributed by atoms with Crippen LogP contribution in [-0.4, -0.2) is 36.4 Å². The molecule has 3 aromatic rings. The molecule has 3 rings (SSSR count). The number of aromatic nitrogens is 5. The maximum absolute atomic E-state index is 14.5. The van der Waals surface area contributed by atoms with Gasteiger partial charge in [0.15, 0.2) is 5.69 Å². The lowest BCUT2D eigenvalue weighted by atomic mass is 10.0. The highest BCUT2D eigenvalue weighted by Crippen LogP contribution is 2.39. The molecule has 12 heteroatoms. The van der Waals surface area contributed by atoms with Crippen LogP contribution in [0.3, 0.4) is 0 Å². The second-order valence-electron chi connectivity index (χ2n) is 5.73. The van der Waals surface area contributed by atoms with Crippen LogP contribution in [0.1, 0.15) is 28.2 Å². The maximum Gasteiger partial charge on any atom is 0.290 e. The fraction of sp³-hybridized carbons (Fsp3) is 0.235. The van der Waals surface area contributed by atoms with Gasteiger partial charge in [0.1, 0.15) is 40.1 Å². The van der Waals surface area contributed by atoms with Gasteiger partial charge in [0, 0.05) is 11.6 Å². The van der Waals surface area contributed by atoms with Gasteiger partial charge in [-0.05, 0) is 11.1 Å². The van der Waals surface area contributed by atoms with E-state index in [9.17, 15) is 23.5 Å². The lowest BCUT2D eigenvalue weighted by Gasteiger charge is -2.33. The molecule has 0 saturated carbocycles. The first kappa shape index (κ1) is 17.6. The monoisotopic (exact) mass is 416 g/mol. The largest absolute Gasteiger partial charge is 0.711 e. The SMILES string of the molecule is O=CO.[2H]c1nc([2H])n([13CH2][13C@](O)(c2ccc(F)cc2F)[C@@H](C)c2nc[n+]([O-])c([2H])c2F)n1. The third-order valence-electron chi connectivity index (χ3n) is 4.03. The van der Waals surface area contributed by atoms with Crippen molar-refractivity contribution in [2.24, 2.45) is 0 Å². The van der Waals surface area contributed by atoms with E-state index < -0.39 is 65.6 Å². The first-order chi connectivity index (χ1) is 15.0. The van der Waals surface area contributed by atoms with Gasteiger partial charge in [0.2, 0.25) is 5.82 Å². The molecule has 1 aromatic carbocycles. The Morgan fingerprint density at radius 1 is 1.41 bits per heavy atom. The van der Waals surface area contributed by atoms with Gasteiger partial charge in [-0.3, -0.25) is 4.79 Å². The number of benzene rings is 1. The van der Waals surface area contributed by atoms with Gasteiger partial charge < -0.3 is 15.4 Å². The van der Waals surface area contributed by atoms with Crippen molar-refractivity contribution in [2.45, 2.75) is 25.0 Å². The molecule has 2 aromatic heterocycles. The summed E-state index contributed by atoms with van der Waals surface area (Å²) in [6.07, 6.45) is -1.50. The summed E-state index contributed by atoms with van der Waals surface area (Å²) in [5, 5.41) is 33.3. The number of aliphatic hydroxyl groups is 1. The summed E-state index contributed by atoms with van der Waals surface area (Å²) < 4.78 is 65.7. The van der Waals surface area contributed by atoms with Crippen LogP contribution >= 0.6 is 0 Å². The molecule has 0 aliphatic heterocycles. The number of halogens is 3. The van der Waals surface area contributed by atoms with E-state index in [4.69, 9.17) is 14.0 Å². The van der Waals surface area contributed by atoms with E-state index in [1.54, 1.807) is 0 Å². The number of hydrogen-bond acceptors (Lipinski definition) is 6. The summed E-state index contributed by atoms with van der Waals surface area (Å²) in [7, 11) is 0. The van der Waals surface area contributed by atoms with Crippen molar-refractivity contribution < 1.29 is 37.0 Å². The van der Waals surface area contributed by atoms with Crippen molar-refractivity contribution in [1.82, 2.24) is 19.7 Å². The van der Waals surface area contributed by atoms with Gasteiger partial charge in [-0.25, -0.2) is 23.2 Å². The topological polar surface area (TPSA) is 128 Å². The molecule has 0 bridgehead atoms. The third-order valence-corrected chi connectivity index (χ3v) is 4.03. The van der Waals surface area contributed by atoms with Crippen molar-refractivity contribution >= 4 is 6.47 Å². The minimum absolute atomic E-state index is 0.130. The maximum atomic E-state index is 14.5. The molecule has 2 atom stereocenters. The van der Waals surface area contributed by atoms with Crippen molar-refractivity contribution in [3.63, 3.8) is 0 Å². The predicted octanol–water partition coefficient (Wildman–Crippen LogP) is 1.12. The molecule has 0 fully saturated rings. The Balaban J connectivity index is 0.00000114. The molecule has 0 spiro atoms. The second-order valence-corrected chi connectivity index (χ2v) is 5.73. The Labute approximate surface area is 166 Å².